The summed E-state index contributed by atoms with van der Waals surface area (Å²) in [6.07, 6.45) is 0. The van der Waals surface area contributed by atoms with E-state index in [2.05, 4.69) is 0 Å². The summed E-state index contributed by atoms with van der Waals surface area (Å²) in [7, 11) is -2.89. The van der Waals surface area contributed by atoms with E-state index in [0.29, 0.717) is 0 Å². The van der Waals surface area contributed by atoms with Crippen LogP contribution in [0.2, 0.25) is 0 Å². The lowest BCUT2D eigenvalue weighted by Crippen LogP contribution is -2.39. The maximum Gasteiger partial charge on any atom is 0.153 e. The molecule has 4 nitrogen and oxygen atoms in total. The molecule has 1 saturated heterocycles. The van der Waals surface area contributed by atoms with Gasteiger partial charge in [-0.2, -0.15) is 0 Å². The first-order chi connectivity index (χ1) is 4.01. The van der Waals surface area contributed by atoms with Crippen LogP contribution in [-0.2, 0) is 9.84 Å². The molecule has 54 valence electrons. The summed E-state index contributed by atoms with van der Waals surface area (Å²) in [5.74, 6) is 0.0995. The van der Waals surface area contributed by atoms with E-state index in [1.165, 1.54) is 0 Å². The Morgan fingerprint density at radius 2 is 1.44 bits per heavy atom. The van der Waals surface area contributed by atoms with Crippen molar-refractivity contribution >= 4 is 9.84 Å². The molecule has 4 N–H and O–H groups in total. The molecule has 0 bridgehead atoms. The Bertz CT molecular complexity index is 183. The number of sulfone groups is 1. The largest absolute Gasteiger partial charge is 0.325 e. The van der Waals surface area contributed by atoms with Gasteiger partial charge in [0.1, 0.15) is 0 Å². The Hall–Kier alpha value is -0.130. The van der Waals surface area contributed by atoms with Gasteiger partial charge in [0.25, 0.3) is 0 Å². The Kier molecular flexibility index (Phi) is 1.50. The monoisotopic (exact) mass is 150 g/mol. The van der Waals surface area contributed by atoms with Gasteiger partial charge in [-0.1, -0.05) is 0 Å². The fourth-order valence-electron chi connectivity index (χ4n) is 0.902. The van der Waals surface area contributed by atoms with Crippen LogP contribution in [0.4, 0.5) is 0 Å². The molecule has 0 unspecified atom stereocenters. The topological polar surface area (TPSA) is 86.2 Å². The van der Waals surface area contributed by atoms with Crippen LogP contribution in [0.1, 0.15) is 0 Å². The van der Waals surface area contributed by atoms with Crippen molar-refractivity contribution in [2.45, 2.75) is 12.1 Å². The minimum atomic E-state index is -2.89. The molecule has 1 fully saturated rings. The molecule has 5 heteroatoms. The second-order valence-electron chi connectivity index (χ2n) is 2.40. The summed E-state index contributed by atoms with van der Waals surface area (Å²) in [6.45, 7) is 0. The molecule has 9 heavy (non-hydrogen) atoms. The van der Waals surface area contributed by atoms with Gasteiger partial charge in [-0.15, -0.1) is 0 Å². The Morgan fingerprint density at radius 3 is 1.56 bits per heavy atom. The summed E-state index contributed by atoms with van der Waals surface area (Å²) < 4.78 is 21.4. The van der Waals surface area contributed by atoms with Gasteiger partial charge in [-0.3, -0.25) is 0 Å². The van der Waals surface area contributed by atoms with E-state index in [0.717, 1.165) is 0 Å². The SMILES string of the molecule is N[C@@H]1CS(=O)(=O)C[C@@H]1N. The van der Waals surface area contributed by atoms with Gasteiger partial charge in [-0.05, 0) is 0 Å². The summed E-state index contributed by atoms with van der Waals surface area (Å²) in [5.41, 5.74) is 10.7. The van der Waals surface area contributed by atoms with E-state index in [-0.39, 0.29) is 23.6 Å². The molecule has 1 aliphatic heterocycles. The zero-order valence-electron chi connectivity index (χ0n) is 4.95. The number of hydrogen-bond acceptors (Lipinski definition) is 4. The zero-order chi connectivity index (χ0) is 7.07. The van der Waals surface area contributed by atoms with Crippen LogP contribution in [0, 0.1) is 0 Å². The smallest absolute Gasteiger partial charge is 0.153 e. The molecular formula is C4H10N2O2S. The Balaban J connectivity index is 2.77. The van der Waals surface area contributed by atoms with Gasteiger partial charge >= 0.3 is 0 Å². The van der Waals surface area contributed by atoms with Crippen molar-refractivity contribution in [1.82, 2.24) is 0 Å². The first kappa shape index (κ1) is 6.98. The lowest BCUT2D eigenvalue weighted by atomic mass is 10.2. The molecule has 0 amide bonds. The van der Waals surface area contributed by atoms with Gasteiger partial charge in [0.05, 0.1) is 11.5 Å². The molecule has 1 aliphatic rings. The standard InChI is InChI=1S/C4H10N2O2S/c5-3-1-9(7,8)2-4(3)6/h3-4H,1-2,5-6H2/t3-,4+. The molecule has 0 spiro atoms. The highest BCUT2D eigenvalue weighted by molar-refractivity contribution is 7.91. The van der Waals surface area contributed by atoms with Gasteiger partial charge in [0.2, 0.25) is 0 Å². The third-order valence-corrected chi connectivity index (χ3v) is 3.23. The van der Waals surface area contributed by atoms with Crippen molar-refractivity contribution in [1.29, 1.82) is 0 Å². The van der Waals surface area contributed by atoms with Crippen LogP contribution in [0.5, 0.6) is 0 Å². The van der Waals surface area contributed by atoms with Crippen molar-refractivity contribution in [2.75, 3.05) is 11.5 Å². The number of nitrogens with two attached hydrogens (primary N) is 2. The quantitative estimate of drug-likeness (QED) is 0.421. The maximum atomic E-state index is 10.7. The van der Waals surface area contributed by atoms with Crippen LogP contribution in [0.25, 0.3) is 0 Å². The zero-order valence-corrected chi connectivity index (χ0v) is 5.76. The molecule has 0 aliphatic carbocycles. The summed E-state index contributed by atoms with van der Waals surface area (Å²) in [4.78, 5) is 0. The average molecular weight is 150 g/mol. The van der Waals surface area contributed by atoms with E-state index in [9.17, 15) is 8.42 Å². The van der Waals surface area contributed by atoms with Gasteiger partial charge < -0.3 is 11.5 Å². The van der Waals surface area contributed by atoms with E-state index in [4.69, 9.17) is 11.5 Å². The molecule has 0 radical (unpaired) electrons. The summed E-state index contributed by atoms with van der Waals surface area (Å²) in [6, 6.07) is -0.704. The first-order valence-electron chi connectivity index (χ1n) is 2.73. The molecule has 0 saturated carbocycles. The lowest BCUT2D eigenvalue weighted by Gasteiger charge is -2.03. The van der Waals surface area contributed by atoms with Crippen molar-refractivity contribution < 1.29 is 8.42 Å². The summed E-state index contributed by atoms with van der Waals surface area (Å²) >= 11 is 0. The van der Waals surface area contributed by atoms with E-state index in [1.807, 2.05) is 0 Å². The normalized spacial score (nSPS) is 41.1. The summed E-state index contributed by atoms with van der Waals surface area (Å²) in [5, 5.41) is 0. The van der Waals surface area contributed by atoms with Crippen LogP contribution >= 0.6 is 0 Å². The van der Waals surface area contributed by atoms with Gasteiger partial charge in [-0.25, -0.2) is 8.42 Å². The molecule has 2 atom stereocenters. The minimum Gasteiger partial charge on any atom is -0.325 e. The highest BCUT2D eigenvalue weighted by atomic mass is 32.2. The van der Waals surface area contributed by atoms with Gasteiger partial charge in [0, 0.05) is 12.1 Å². The third kappa shape index (κ3) is 1.41. The highest BCUT2D eigenvalue weighted by Crippen LogP contribution is 2.07. The molecular weight excluding hydrogens is 140 g/mol. The van der Waals surface area contributed by atoms with Crippen molar-refractivity contribution in [3.05, 3.63) is 0 Å². The second-order valence-corrected chi connectivity index (χ2v) is 4.56. The average Bonchev–Trinajstić information content (AvgIpc) is 1.79. The van der Waals surface area contributed by atoms with Crippen molar-refractivity contribution in [3.63, 3.8) is 0 Å². The maximum absolute atomic E-state index is 10.7. The lowest BCUT2D eigenvalue weighted by molar-refractivity contribution is 0.601. The van der Waals surface area contributed by atoms with Gasteiger partial charge in [0.15, 0.2) is 9.84 Å². The third-order valence-electron chi connectivity index (χ3n) is 1.44. The van der Waals surface area contributed by atoms with Crippen LogP contribution in [0.15, 0.2) is 0 Å². The predicted molar refractivity (Wildman–Crippen MR) is 34.6 cm³/mol. The van der Waals surface area contributed by atoms with Crippen molar-refractivity contribution in [2.24, 2.45) is 11.5 Å². The number of hydrogen-bond donors (Lipinski definition) is 2. The molecule has 0 aromatic carbocycles. The van der Waals surface area contributed by atoms with E-state index < -0.39 is 9.84 Å². The predicted octanol–water partition coefficient (Wildman–Crippen LogP) is -1.93. The Morgan fingerprint density at radius 1 is 1.11 bits per heavy atom. The molecule has 1 heterocycles. The minimum absolute atomic E-state index is 0.0498. The van der Waals surface area contributed by atoms with E-state index >= 15 is 0 Å². The first-order valence-corrected chi connectivity index (χ1v) is 4.55. The van der Waals surface area contributed by atoms with Crippen LogP contribution in [-0.4, -0.2) is 32.0 Å². The molecule has 0 aromatic heterocycles. The van der Waals surface area contributed by atoms with Crippen LogP contribution in [0.3, 0.4) is 0 Å². The van der Waals surface area contributed by atoms with E-state index in [1.54, 1.807) is 0 Å². The molecule has 1 rings (SSSR count). The fraction of sp³-hybridized carbons (Fsp3) is 1.00. The highest BCUT2D eigenvalue weighted by Gasteiger charge is 2.32. The van der Waals surface area contributed by atoms with Crippen LogP contribution < -0.4 is 11.5 Å². The fourth-order valence-corrected chi connectivity index (χ4v) is 2.71. The molecule has 0 aromatic rings. The second kappa shape index (κ2) is 1.93. The van der Waals surface area contributed by atoms with Crippen molar-refractivity contribution in [3.8, 4) is 0 Å². The Labute approximate surface area is 54.1 Å². The number of rotatable bonds is 0.